The fraction of sp³-hybridized carbons (Fsp3) is 0.227. The summed E-state index contributed by atoms with van der Waals surface area (Å²) in [5.74, 6) is 0.682. The highest BCUT2D eigenvalue weighted by Gasteiger charge is 2.14. The fourth-order valence-corrected chi connectivity index (χ4v) is 3.27. The van der Waals surface area contributed by atoms with E-state index in [1.165, 1.54) is 12.8 Å². The van der Waals surface area contributed by atoms with Gasteiger partial charge in [-0.1, -0.05) is 30.3 Å². The summed E-state index contributed by atoms with van der Waals surface area (Å²) >= 11 is 0. The van der Waals surface area contributed by atoms with Gasteiger partial charge >= 0.3 is 0 Å². The molecule has 4 rings (SSSR count). The van der Waals surface area contributed by atoms with Crippen LogP contribution in [0.4, 0.5) is 11.6 Å². The van der Waals surface area contributed by atoms with Gasteiger partial charge in [0, 0.05) is 42.3 Å². The van der Waals surface area contributed by atoms with E-state index < -0.39 is 0 Å². The average molecular weight is 358 g/mol. The molecule has 2 aromatic carbocycles. The molecule has 0 spiro atoms. The van der Waals surface area contributed by atoms with Crippen molar-refractivity contribution in [3.63, 3.8) is 0 Å². The van der Waals surface area contributed by atoms with Crippen molar-refractivity contribution in [3.8, 4) is 11.1 Å². The molecular formula is C22H22N4O. The lowest BCUT2D eigenvalue weighted by molar-refractivity contribution is 0.102. The monoisotopic (exact) mass is 358 g/mol. The summed E-state index contributed by atoms with van der Waals surface area (Å²) in [6, 6.07) is 15.3. The van der Waals surface area contributed by atoms with Gasteiger partial charge in [-0.05, 0) is 49.1 Å². The minimum atomic E-state index is -0.114. The van der Waals surface area contributed by atoms with Crippen LogP contribution in [0.1, 0.15) is 28.8 Å². The molecule has 1 aromatic heterocycles. The summed E-state index contributed by atoms with van der Waals surface area (Å²) < 4.78 is 0. The number of nitrogens with one attached hydrogen (secondary N) is 1. The zero-order valence-corrected chi connectivity index (χ0v) is 15.4. The van der Waals surface area contributed by atoms with E-state index in [1.807, 2.05) is 67.8 Å². The van der Waals surface area contributed by atoms with Crippen molar-refractivity contribution in [1.82, 2.24) is 9.97 Å². The third kappa shape index (κ3) is 3.82. The molecule has 0 aliphatic carbocycles. The SMILES string of the molecule is Cc1ccccc1NC(=O)c1ccc(-c2cnc(N3CCCC3)nc2)cc1. The number of rotatable bonds is 4. The zero-order chi connectivity index (χ0) is 18.6. The molecule has 2 heterocycles. The summed E-state index contributed by atoms with van der Waals surface area (Å²) in [5, 5.41) is 2.96. The number of aryl methyl sites for hydroxylation is 1. The lowest BCUT2D eigenvalue weighted by Crippen LogP contribution is -2.20. The van der Waals surface area contributed by atoms with E-state index in [2.05, 4.69) is 20.2 Å². The highest BCUT2D eigenvalue weighted by molar-refractivity contribution is 6.04. The minimum Gasteiger partial charge on any atom is -0.341 e. The lowest BCUT2D eigenvalue weighted by atomic mass is 10.1. The Bertz CT molecular complexity index is 929. The van der Waals surface area contributed by atoms with Crippen LogP contribution in [0.5, 0.6) is 0 Å². The summed E-state index contributed by atoms with van der Waals surface area (Å²) in [6.45, 7) is 4.04. The number of para-hydroxylation sites is 1. The highest BCUT2D eigenvalue weighted by atomic mass is 16.1. The van der Waals surface area contributed by atoms with Crippen LogP contribution in [0.15, 0.2) is 60.9 Å². The van der Waals surface area contributed by atoms with Gasteiger partial charge in [0.2, 0.25) is 5.95 Å². The van der Waals surface area contributed by atoms with Crippen LogP contribution in [-0.2, 0) is 0 Å². The van der Waals surface area contributed by atoms with E-state index in [4.69, 9.17) is 0 Å². The average Bonchev–Trinajstić information content (AvgIpc) is 3.25. The molecule has 0 saturated carbocycles. The van der Waals surface area contributed by atoms with Gasteiger partial charge in [0.05, 0.1) is 0 Å². The molecule has 1 amide bonds. The third-order valence-electron chi connectivity index (χ3n) is 4.90. The maximum absolute atomic E-state index is 12.5. The van der Waals surface area contributed by atoms with Gasteiger partial charge in [0.25, 0.3) is 5.91 Å². The number of nitrogens with zero attached hydrogens (tertiary/aromatic N) is 3. The van der Waals surface area contributed by atoms with Crippen molar-refractivity contribution in [2.24, 2.45) is 0 Å². The van der Waals surface area contributed by atoms with Crippen LogP contribution >= 0.6 is 0 Å². The van der Waals surface area contributed by atoms with Crippen molar-refractivity contribution >= 4 is 17.5 Å². The van der Waals surface area contributed by atoms with Crippen molar-refractivity contribution in [2.45, 2.75) is 19.8 Å². The van der Waals surface area contributed by atoms with E-state index >= 15 is 0 Å². The van der Waals surface area contributed by atoms with Crippen LogP contribution in [0.25, 0.3) is 11.1 Å². The first-order valence-corrected chi connectivity index (χ1v) is 9.25. The van der Waals surface area contributed by atoms with Crippen molar-refractivity contribution in [2.75, 3.05) is 23.3 Å². The summed E-state index contributed by atoms with van der Waals surface area (Å²) in [5.41, 5.74) is 4.44. The molecule has 1 aliphatic heterocycles. The number of anilines is 2. The van der Waals surface area contributed by atoms with Crippen LogP contribution in [0.3, 0.4) is 0 Å². The maximum Gasteiger partial charge on any atom is 0.255 e. The smallest absolute Gasteiger partial charge is 0.255 e. The van der Waals surface area contributed by atoms with Crippen LogP contribution in [-0.4, -0.2) is 29.0 Å². The lowest BCUT2D eigenvalue weighted by Gasteiger charge is -2.14. The van der Waals surface area contributed by atoms with Gasteiger partial charge in [0.1, 0.15) is 0 Å². The Morgan fingerprint density at radius 2 is 1.59 bits per heavy atom. The molecule has 5 heteroatoms. The van der Waals surface area contributed by atoms with Gasteiger partial charge in [-0.25, -0.2) is 9.97 Å². The van der Waals surface area contributed by atoms with E-state index in [-0.39, 0.29) is 5.91 Å². The molecule has 0 radical (unpaired) electrons. The number of carbonyl (C=O) groups excluding carboxylic acids is 1. The van der Waals surface area contributed by atoms with E-state index in [9.17, 15) is 4.79 Å². The first kappa shape index (κ1) is 17.2. The molecule has 1 saturated heterocycles. The molecule has 27 heavy (non-hydrogen) atoms. The second kappa shape index (κ2) is 7.58. The quantitative estimate of drug-likeness (QED) is 0.755. The molecule has 5 nitrogen and oxygen atoms in total. The molecule has 1 fully saturated rings. The summed E-state index contributed by atoms with van der Waals surface area (Å²) in [6.07, 6.45) is 6.11. The van der Waals surface area contributed by atoms with Gasteiger partial charge < -0.3 is 10.2 Å². The zero-order valence-electron chi connectivity index (χ0n) is 15.4. The van der Waals surface area contributed by atoms with Gasteiger partial charge in [-0.2, -0.15) is 0 Å². The fourth-order valence-electron chi connectivity index (χ4n) is 3.27. The predicted octanol–water partition coefficient (Wildman–Crippen LogP) is 4.30. The van der Waals surface area contributed by atoms with Gasteiger partial charge in [-0.15, -0.1) is 0 Å². The Labute approximate surface area is 159 Å². The Morgan fingerprint density at radius 1 is 0.926 bits per heavy atom. The third-order valence-corrected chi connectivity index (χ3v) is 4.90. The molecule has 1 aliphatic rings. The Hall–Kier alpha value is -3.21. The van der Waals surface area contributed by atoms with Gasteiger partial charge in [0.15, 0.2) is 0 Å². The number of hydrogen-bond acceptors (Lipinski definition) is 4. The molecule has 0 unspecified atom stereocenters. The Balaban J connectivity index is 1.47. The molecule has 136 valence electrons. The number of carbonyl (C=O) groups is 1. The van der Waals surface area contributed by atoms with Crippen LogP contribution in [0.2, 0.25) is 0 Å². The highest BCUT2D eigenvalue weighted by Crippen LogP contribution is 2.22. The second-order valence-electron chi connectivity index (χ2n) is 6.81. The van der Waals surface area contributed by atoms with E-state index in [0.29, 0.717) is 5.56 Å². The minimum absolute atomic E-state index is 0.114. The molecular weight excluding hydrogens is 336 g/mol. The number of hydrogen-bond donors (Lipinski definition) is 1. The molecule has 3 aromatic rings. The van der Waals surface area contributed by atoms with Crippen molar-refractivity contribution < 1.29 is 4.79 Å². The normalized spacial score (nSPS) is 13.6. The van der Waals surface area contributed by atoms with E-state index in [0.717, 1.165) is 41.4 Å². The Kier molecular flexibility index (Phi) is 4.83. The maximum atomic E-state index is 12.5. The molecule has 0 atom stereocenters. The van der Waals surface area contributed by atoms with Crippen LogP contribution < -0.4 is 10.2 Å². The molecule has 1 N–H and O–H groups in total. The van der Waals surface area contributed by atoms with Crippen molar-refractivity contribution in [1.29, 1.82) is 0 Å². The number of aromatic nitrogens is 2. The number of amides is 1. The molecule has 0 bridgehead atoms. The van der Waals surface area contributed by atoms with E-state index in [1.54, 1.807) is 0 Å². The van der Waals surface area contributed by atoms with Crippen LogP contribution in [0, 0.1) is 6.92 Å². The summed E-state index contributed by atoms with van der Waals surface area (Å²) in [4.78, 5) is 23.7. The standard InChI is InChI=1S/C22H22N4O/c1-16-6-2-3-7-20(16)25-21(27)18-10-8-17(9-11-18)19-14-23-22(24-15-19)26-12-4-5-13-26/h2-3,6-11,14-15H,4-5,12-13H2,1H3,(H,25,27). The Morgan fingerprint density at radius 3 is 2.26 bits per heavy atom. The number of benzene rings is 2. The first-order chi connectivity index (χ1) is 13.2. The first-order valence-electron chi connectivity index (χ1n) is 9.25. The van der Waals surface area contributed by atoms with Gasteiger partial charge in [-0.3, -0.25) is 4.79 Å². The summed E-state index contributed by atoms with van der Waals surface area (Å²) in [7, 11) is 0. The second-order valence-corrected chi connectivity index (χ2v) is 6.81. The predicted molar refractivity (Wildman–Crippen MR) is 108 cm³/mol. The van der Waals surface area contributed by atoms with Crippen molar-refractivity contribution in [3.05, 3.63) is 72.1 Å². The topological polar surface area (TPSA) is 58.1 Å². The largest absolute Gasteiger partial charge is 0.341 e.